The van der Waals surface area contributed by atoms with Crippen molar-refractivity contribution in [2.24, 2.45) is 0 Å². The summed E-state index contributed by atoms with van der Waals surface area (Å²) >= 11 is 7.42. The van der Waals surface area contributed by atoms with Gasteiger partial charge in [-0.2, -0.15) is 0 Å². The minimum Gasteiger partial charge on any atom is -0.392 e. The van der Waals surface area contributed by atoms with E-state index in [-0.39, 0.29) is 6.10 Å². The van der Waals surface area contributed by atoms with Gasteiger partial charge in [0, 0.05) is 24.0 Å². The molecule has 1 aliphatic heterocycles. The predicted octanol–water partition coefficient (Wildman–Crippen LogP) is 3.51. The van der Waals surface area contributed by atoms with Crippen LogP contribution in [0.15, 0.2) is 29.6 Å². The van der Waals surface area contributed by atoms with Crippen molar-refractivity contribution in [2.75, 3.05) is 13.1 Å². The average Bonchev–Trinajstić information content (AvgIpc) is 2.97. The van der Waals surface area contributed by atoms with Gasteiger partial charge in [0.2, 0.25) is 0 Å². The van der Waals surface area contributed by atoms with Gasteiger partial charge in [0.25, 0.3) is 0 Å². The molecule has 1 aliphatic rings. The van der Waals surface area contributed by atoms with Gasteiger partial charge in [-0.1, -0.05) is 24.3 Å². The first kappa shape index (κ1) is 15.0. The number of hydrogen-bond acceptors (Lipinski definition) is 4. The molecule has 2 heterocycles. The van der Waals surface area contributed by atoms with Gasteiger partial charge in [-0.15, -0.1) is 22.9 Å². The third-order valence-electron chi connectivity index (χ3n) is 3.78. The number of benzene rings is 1. The molecule has 1 fully saturated rings. The highest BCUT2D eigenvalue weighted by molar-refractivity contribution is 7.13. The van der Waals surface area contributed by atoms with Gasteiger partial charge >= 0.3 is 0 Å². The number of halogens is 1. The third-order valence-corrected chi connectivity index (χ3v) is 4.99. The number of alkyl halides is 1. The molecule has 0 spiro atoms. The second kappa shape index (κ2) is 6.88. The molecule has 21 heavy (non-hydrogen) atoms. The number of aliphatic hydroxyl groups excluding tert-OH is 1. The topological polar surface area (TPSA) is 36.4 Å². The highest BCUT2D eigenvalue weighted by Gasteiger charge is 2.17. The molecule has 5 heteroatoms. The van der Waals surface area contributed by atoms with Crippen LogP contribution in [0, 0.1) is 0 Å². The molecule has 112 valence electrons. The quantitative estimate of drug-likeness (QED) is 0.875. The number of likely N-dealkylation sites (tertiary alicyclic amines) is 1. The standard InChI is InChI=1S/C16H19ClN2OS/c17-8-14-11-21-16(18-14)13-5-3-12(4-6-13)9-19-7-1-2-15(20)10-19/h3-6,11,15,20H,1-2,7-10H2. The molecule has 1 aromatic carbocycles. The lowest BCUT2D eigenvalue weighted by molar-refractivity contribution is 0.0668. The van der Waals surface area contributed by atoms with E-state index in [0.29, 0.717) is 5.88 Å². The maximum atomic E-state index is 9.72. The monoisotopic (exact) mass is 322 g/mol. The van der Waals surface area contributed by atoms with Crippen LogP contribution in [-0.4, -0.2) is 34.2 Å². The molecular weight excluding hydrogens is 304 g/mol. The smallest absolute Gasteiger partial charge is 0.123 e. The van der Waals surface area contributed by atoms with Gasteiger partial charge in [-0.3, -0.25) is 4.90 Å². The number of thiazole rings is 1. The van der Waals surface area contributed by atoms with Crippen molar-refractivity contribution >= 4 is 22.9 Å². The van der Waals surface area contributed by atoms with E-state index in [2.05, 4.69) is 34.1 Å². The lowest BCUT2D eigenvalue weighted by atomic mass is 10.1. The number of hydrogen-bond donors (Lipinski definition) is 1. The van der Waals surface area contributed by atoms with E-state index in [4.69, 9.17) is 11.6 Å². The number of rotatable bonds is 4. The molecule has 1 N–H and O–H groups in total. The number of nitrogens with zero attached hydrogens (tertiary/aromatic N) is 2. The maximum absolute atomic E-state index is 9.72. The molecule has 0 amide bonds. The summed E-state index contributed by atoms with van der Waals surface area (Å²) in [7, 11) is 0. The van der Waals surface area contributed by atoms with Crippen molar-refractivity contribution in [2.45, 2.75) is 31.4 Å². The van der Waals surface area contributed by atoms with Gasteiger partial charge in [-0.25, -0.2) is 4.98 Å². The Hall–Kier alpha value is -0.940. The summed E-state index contributed by atoms with van der Waals surface area (Å²) in [4.78, 5) is 6.81. The van der Waals surface area contributed by atoms with E-state index in [0.717, 1.165) is 48.7 Å². The number of β-amino-alcohol motifs (C(OH)–C–C–N with tert-alkyl or cyclic N) is 1. The molecule has 2 aromatic rings. The first-order valence-corrected chi connectivity index (χ1v) is 8.66. The van der Waals surface area contributed by atoms with E-state index >= 15 is 0 Å². The summed E-state index contributed by atoms with van der Waals surface area (Å²) in [6.45, 7) is 2.76. The Morgan fingerprint density at radius 2 is 2.14 bits per heavy atom. The first-order chi connectivity index (χ1) is 10.2. The van der Waals surface area contributed by atoms with E-state index < -0.39 is 0 Å². The molecule has 1 unspecified atom stereocenters. The molecule has 3 nitrogen and oxygen atoms in total. The Labute approximate surface area is 134 Å². The summed E-state index contributed by atoms with van der Waals surface area (Å²) in [5.74, 6) is 0.464. The first-order valence-electron chi connectivity index (χ1n) is 7.24. The Kier molecular flexibility index (Phi) is 4.91. The van der Waals surface area contributed by atoms with E-state index in [1.165, 1.54) is 5.56 Å². The van der Waals surface area contributed by atoms with Crippen LogP contribution in [-0.2, 0) is 12.4 Å². The molecule has 0 radical (unpaired) electrons. The summed E-state index contributed by atoms with van der Waals surface area (Å²) in [6, 6.07) is 8.54. The van der Waals surface area contributed by atoms with Crippen LogP contribution in [0.1, 0.15) is 24.1 Å². The van der Waals surface area contributed by atoms with Gasteiger partial charge in [0.05, 0.1) is 17.7 Å². The summed E-state index contributed by atoms with van der Waals surface area (Å²) in [5, 5.41) is 12.7. The van der Waals surface area contributed by atoms with Gasteiger partial charge in [-0.05, 0) is 24.9 Å². The van der Waals surface area contributed by atoms with Crippen molar-refractivity contribution in [1.29, 1.82) is 0 Å². The van der Waals surface area contributed by atoms with Crippen LogP contribution >= 0.6 is 22.9 Å². The highest BCUT2D eigenvalue weighted by atomic mass is 35.5. The minimum atomic E-state index is -0.165. The molecule has 1 saturated heterocycles. The van der Waals surface area contributed by atoms with Gasteiger partial charge in [0.15, 0.2) is 0 Å². The van der Waals surface area contributed by atoms with Crippen LogP contribution in [0.5, 0.6) is 0 Å². The normalized spacial score (nSPS) is 19.8. The molecule has 0 bridgehead atoms. The highest BCUT2D eigenvalue weighted by Crippen LogP contribution is 2.25. The van der Waals surface area contributed by atoms with E-state index in [1.54, 1.807) is 11.3 Å². The average molecular weight is 323 g/mol. The zero-order chi connectivity index (χ0) is 14.7. The van der Waals surface area contributed by atoms with E-state index in [9.17, 15) is 5.11 Å². The van der Waals surface area contributed by atoms with Crippen molar-refractivity contribution in [3.8, 4) is 10.6 Å². The summed E-state index contributed by atoms with van der Waals surface area (Å²) < 4.78 is 0. The number of piperidine rings is 1. The van der Waals surface area contributed by atoms with Crippen molar-refractivity contribution in [3.05, 3.63) is 40.9 Å². The second-order valence-corrected chi connectivity index (χ2v) is 6.63. The zero-order valence-corrected chi connectivity index (χ0v) is 13.4. The molecule has 0 aliphatic carbocycles. The van der Waals surface area contributed by atoms with Crippen LogP contribution in [0.2, 0.25) is 0 Å². The lowest BCUT2D eigenvalue weighted by Crippen LogP contribution is -2.37. The predicted molar refractivity (Wildman–Crippen MR) is 87.6 cm³/mol. The molecular formula is C16H19ClN2OS. The summed E-state index contributed by atoms with van der Waals surface area (Å²) in [6.07, 6.45) is 1.85. The van der Waals surface area contributed by atoms with Crippen molar-refractivity contribution < 1.29 is 5.11 Å². The maximum Gasteiger partial charge on any atom is 0.123 e. The second-order valence-electron chi connectivity index (χ2n) is 5.51. The Morgan fingerprint density at radius 3 is 2.81 bits per heavy atom. The van der Waals surface area contributed by atoms with Crippen LogP contribution in [0.3, 0.4) is 0 Å². The minimum absolute atomic E-state index is 0.165. The molecule has 0 saturated carbocycles. The summed E-state index contributed by atoms with van der Waals surface area (Å²) in [5.41, 5.74) is 3.35. The number of aliphatic hydroxyl groups is 1. The van der Waals surface area contributed by atoms with Crippen molar-refractivity contribution in [1.82, 2.24) is 9.88 Å². The zero-order valence-electron chi connectivity index (χ0n) is 11.8. The van der Waals surface area contributed by atoms with Crippen LogP contribution in [0.4, 0.5) is 0 Å². The Balaban J connectivity index is 1.66. The number of aromatic nitrogens is 1. The third kappa shape index (κ3) is 3.83. The fourth-order valence-corrected chi connectivity index (χ4v) is 3.74. The van der Waals surface area contributed by atoms with Crippen LogP contribution in [0.25, 0.3) is 10.6 Å². The van der Waals surface area contributed by atoms with Crippen LogP contribution < -0.4 is 0 Å². The fraction of sp³-hybridized carbons (Fsp3) is 0.438. The molecule has 3 rings (SSSR count). The molecule has 1 atom stereocenters. The fourth-order valence-electron chi connectivity index (χ4n) is 2.69. The largest absolute Gasteiger partial charge is 0.392 e. The Bertz CT molecular complexity index is 584. The Morgan fingerprint density at radius 1 is 1.33 bits per heavy atom. The SMILES string of the molecule is OC1CCCN(Cc2ccc(-c3nc(CCl)cs3)cc2)C1. The van der Waals surface area contributed by atoms with Crippen molar-refractivity contribution in [3.63, 3.8) is 0 Å². The van der Waals surface area contributed by atoms with E-state index in [1.807, 2.05) is 5.38 Å². The van der Waals surface area contributed by atoms with Gasteiger partial charge < -0.3 is 5.11 Å². The van der Waals surface area contributed by atoms with Gasteiger partial charge in [0.1, 0.15) is 5.01 Å². The molecule has 1 aromatic heterocycles. The lowest BCUT2D eigenvalue weighted by Gasteiger charge is -2.29.